The van der Waals surface area contributed by atoms with Crippen LogP contribution < -0.4 is 20.9 Å². The van der Waals surface area contributed by atoms with E-state index in [4.69, 9.17) is 0 Å². The number of rotatable bonds is 2. The maximum Gasteiger partial charge on any atom is 0.322 e. The maximum absolute atomic E-state index is 11.3. The molecule has 0 aromatic heterocycles. The number of carbonyl (C=O) groups is 1. The highest BCUT2D eigenvalue weighted by Crippen LogP contribution is 2.28. The van der Waals surface area contributed by atoms with E-state index in [1.807, 2.05) is 6.92 Å². The van der Waals surface area contributed by atoms with Crippen LogP contribution in [0.25, 0.3) is 0 Å². The van der Waals surface area contributed by atoms with Crippen LogP contribution in [-0.2, 0) is 11.3 Å². The van der Waals surface area contributed by atoms with Crippen molar-refractivity contribution in [1.82, 2.24) is 10.6 Å². The molecular weight excluding hydrogens is 256 g/mol. The summed E-state index contributed by atoms with van der Waals surface area (Å²) in [6, 6.07) is 5.72. The number of fused-ring (bicyclic) bond motifs is 1. The molecule has 20 heavy (non-hydrogen) atoms. The van der Waals surface area contributed by atoms with Crippen molar-refractivity contribution in [2.75, 3.05) is 30.0 Å². The molecule has 2 unspecified atom stereocenters. The zero-order valence-corrected chi connectivity index (χ0v) is 11.5. The minimum atomic E-state index is -0.789. The fourth-order valence-electron chi connectivity index (χ4n) is 2.97. The number of hydrogen-bond acceptors (Lipinski definition) is 5. The number of anilines is 2. The van der Waals surface area contributed by atoms with Crippen LogP contribution in [0, 0.1) is 0 Å². The minimum Gasteiger partial charge on any atom is -0.480 e. The smallest absolute Gasteiger partial charge is 0.322 e. The van der Waals surface area contributed by atoms with Gasteiger partial charge in [-0.15, -0.1) is 0 Å². The molecule has 0 spiro atoms. The molecule has 0 saturated carbocycles. The number of carboxylic acid groups (broad SMARTS) is 1. The van der Waals surface area contributed by atoms with Crippen molar-refractivity contribution < 1.29 is 9.90 Å². The van der Waals surface area contributed by atoms with Gasteiger partial charge in [-0.2, -0.15) is 0 Å². The monoisotopic (exact) mass is 276 g/mol. The second-order valence-corrected chi connectivity index (χ2v) is 5.33. The van der Waals surface area contributed by atoms with Crippen LogP contribution in [0.15, 0.2) is 18.2 Å². The summed E-state index contributed by atoms with van der Waals surface area (Å²) in [4.78, 5) is 13.4. The molecule has 1 saturated heterocycles. The van der Waals surface area contributed by atoms with Gasteiger partial charge in [-0.25, -0.2) is 0 Å². The molecule has 0 aliphatic carbocycles. The van der Waals surface area contributed by atoms with Gasteiger partial charge in [-0.3, -0.25) is 10.1 Å². The van der Waals surface area contributed by atoms with E-state index in [0.29, 0.717) is 6.54 Å². The number of piperazine rings is 1. The quantitative estimate of drug-likeness (QED) is 0.627. The molecule has 0 bridgehead atoms. The van der Waals surface area contributed by atoms with E-state index in [9.17, 15) is 9.90 Å². The Bertz CT molecular complexity index is 520. The Morgan fingerprint density at radius 1 is 1.45 bits per heavy atom. The largest absolute Gasteiger partial charge is 0.480 e. The Hall–Kier alpha value is -1.79. The summed E-state index contributed by atoms with van der Waals surface area (Å²) in [5, 5.41) is 18.9. The molecule has 2 aliphatic heterocycles. The molecule has 1 aromatic carbocycles. The molecule has 2 aliphatic rings. The van der Waals surface area contributed by atoms with Crippen LogP contribution in [0.2, 0.25) is 0 Å². The summed E-state index contributed by atoms with van der Waals surface area (Å²) >= 11 is 0. The van der Waals surface area contributed by atoms with Crippen LogP contribution in [0.1, 0.15) is 12.5 Å². The summed E-state index contributed by atoms with van der Waals surface area (Å²) in [6.45, 7) is 5.11. The number of benzene rings is 1. The van der Waals surface area contributed by atoms with Crippen LogP contribution >= 0.6 is 0 Å². The fourth-order valence-corrected chi connectivity index (χ4v) is 2.97. The van der Waals surface area contributed by atoms with Crippen molar-refractivity contribution in [3.63, 3.8) is 0 Å². The molecule has 2 atom stereocenters. The first-order chi connectivity index (χ1) is 9.66. The molecular formula is C14H20N4O2. The molecule has 3 rings (SSSR count). The molecule has 6 heteroatoms. The summed E-state index contributed by atoms with van der Waals surface area (Å²) in [7, 11) is 0. The molecule has 0 radical (unpaired) electrons. The van der Waals surface area contributed by atoms with E-state index in [1.165, 1.54) is 5.56 Å². The van der Waals surface area contributed by atoms with Gasteiger partial charge in [-0.1, -0.05) is 6.07 Å². The first kappa shape index (κ1) is 13.2. The molecule has 1 fully saturated rings. The van der Waals surface area contributed by atoms with E-state index < -0.39 is 12.0 Å². The number of nitrogens with zero attached hydrogens (tertiary/aromatic N) is 1. The average molecular weight is 276 g/mol. The number of nitrogens with one attached hydrogen (secondary N) is 3. The van der Waals surface area contributed by atoms with Gasteiger partial charge in [0.15, 0.2) is 0 Å². The highest BCUT2D eigenvalue weighted by atomic mass is 16.4. The topological polar surface area (TPSA) is 76.6 Å². The van der Waals surface area contributed by atoms with Crippen LogP contribution in [0.4, 0.5) is 11.4 Å². The second-order valence-electron chi connectivity index (χ2n) is 5.33. The fraction of sp³-hybridized carbons (Fsp3) is 0.500. The molecule has 2 heterocycles. The number of carboxylic acids is 1. The molecule has 4 N–H and O–H groups in total. The van der Waals surface area contributed by atoms with Gasteiger partial charge in [0.2, 0.25) is 0 Å². The lowest BCUT2D eigenvalue weighted by Crippen LogP contribution is -2.60. The van der Waals surface area contributed by atoms with Crippen molar-refractivity contribution >= 4 is 17.3 Å². The Morgan fingerprint density at radius 2 is 2.30 bits per heavy atom. The number of aliphatic carboxylic acids is 1. The second kappa shape index (κ2) is 5.30. The molecule has 0 amide bonds. The summed E-state index contributed by atoms with van der Waals surface area (Å²) < 4.78 is 0. The van der Waals surface area contributed by atoms with Gasteiger partial charge < -0.3 is 20.6 Å². The van der Waals surface area contributed by atoms with Gasteiger partial charge in [-0.05, 0) is 24.6 Å². The van der Waals surface area contributed by atoms with Crippen molar-refractivity contribution in [3.8, 4) is 0 Å². The summed E-state index contributed by atoms with van der Waals surface area (Å²) in [5.41, 5.74) is 3.47. The Morgan fingerprint density at radius 3 is 3.10 bits per heavy atom. The Kier molecular flexibility index (Phi) is 3.50. The SMILES string of the molecule is CC1C(C(=O)O)NCCN1c1ccc2c(c1)NCNC2. The van der Waals surface area contributed by atoms with Crippen molar-refractivity contribution in [2.45, 2.75) is 25.6 Å². The van der Waals surface area contributed by atoms with Crippen molar-refractivity contribution in [2.24, 2.45) is 0 Å². The van der Waals surface area contributed by atoms with Crippen molar-refractivity contribution in [1.29, 1.82) is 0 Å². The third kappa shape index (κ3) is 2.32. The minimum absolute atomic E-state index is 0.0685. The molecule has 1 aromatic rings. The van der Waals surface area contributed by atoms with Gasteiger partial charge in [0, 0.05) is 31.0 Å². The molecule has 6 nitrogen and oxygen atoms in total. The standard InChI is InChI=1S/C14H20N4O2/c1-9-13(14(19)20)16-4-5-18(9)11-3-2-10-7-15-8-17-12(10)6-11/h2-3,6,9,13,15-17H,4-5,7-8H2,1H3,(H,19,20). The van der Waals surface area contributed by atoms with E-state index >= 15 is 0 Å². The van der Waals surface area contributed by atoms with Crippen LogP contribution in [0.5, 0.6) is 0 Å². The zero-order chi connectivity index (χ0) is 14.1. The van der Waals surface area contributed by atoms with E-state index in [-0.39, 0.29) is 6.04 Å². The van der Waals surface area contributed by atoms with Crippen molar-refractivity contribution in [3.05, 3.63) is 23.8 Å². The normalized spacial score (nSPS) is 25.8. The first-order valence-corrected chi connectivity index (χ1v) is 6.97. The lowest BCUT2D eigenvalue weighted by molar-refractivity contribution is -0.140. The average Bonchev–Trinajstić information content (AvgIpc) is 2.46. The molecule has 108 valence electrons. The zero-order valence-electron chi connectivity index (χ0n) is 11.5. The van der Waals surface area contributed by atoms with Gasteiger partial charge in [0.05, 0.1) is 12.7 Å². The predicted molar refractivity (Wildman–Crippen MR) is 78.0 cm³/mol. The van der Waals surface area contributed by atoms with E-state index in [0.717, 1.165) is 31.1 Å². The summed E-state index contributed by atoms with van der Waals surface area (Å²) in [5.74, 6) is -0.789. The third-order valence-corrected chi connectivity index (χ3v) is 4.10. The van der Waals surface area contributed by atoms with Crippen LogP contribution in [-0.4, -0.2) is 42.9 Å². The number of hydrogen-bond donors (Lipinski definition) is 4. The lowest BCUT2D eigenvalue weighted by Gasteiger charge is -2.40. The highest BCUT2D eigenvalue weighted by Gasteiger charge is 2.32. The van der Waals surface area contributed by atoms with Gasteiger partial charge in [0.25, 0.3) is 0 Å². The van der Waals surface area contributed by atoms with Crippen LogP contribution in [0.3, 0.4) is 0 Å². The van der Waals surface area contributed by atoms with Gasteiger partial charge >= 0.3 is 5.97 Å². The lowest BCUT2D eigenvalue weighted by atomic mass is 10.0. The Labute approximate surface area is 118 Å². The summed E-state index contributed by atoms with van der Waals surface area (Å²) in [6.07, 6.45) is 0. The maximum atomic E-state index is 11.3. The Balaban J connectivity index is 1.86. The first-order valence-electron chi connectivity index (χ1n) is 6.97. The van der Waals surface area contributed by atoms with E-state index in [1.54, 1.807) is 0 Å². The van der Waals surface area contributed by atoms with Gasteiger partial charge in [0.1, 0.15) is 6.04 Å². The van der Waals surface area contributed by atoms with E-state index in [2.05, 4.69) is 39.0 Å². The highest BCUT2D eigenvalue weighted by molar-refractivity contribution is 5.76. The third-order valence-electron chi connectivity index (χ3n) is 4.10. The predicted octanol–water partition coefficient (Wildman–Crippen LogP) is 0.410.